The maximum absolute atomic E-state index is 10.7. The summed E-state index contributed by atoms with van der Waals surface area (Å²) in [5, 5.41) is 23.6. The van der Waals surface area contributed by atoms with Gasteiger partial charge in [-0.1, -0.05) is 42.5 Å². The van der Waals surface area contributed by atoms with E-state index in [1.807, 2.05) is 44.2 Å². The number of aliphatic hydroxyl groups is 2. The van der Waals surface area contributed by atoms with Gasteiger partial charge in [-0.25, -0.2) is 10.9 Å². The van der Waals surface area contributed by atoms with Gasteiger partial charge in [0.15, 0.2) is 0 Å². The molecule has 2 aliphatic heterocycles. The molecule has 6 N–H and O–H groups in total. The summed E-state index contributed by atoms with van der Waals surface area (Å²) < 4.78 is 6.42. The third-order valence-electron chi connectivity index (χ3n) is 6.64. The van der Waals surface area contributed by atoms with Crippen molar-refractivity contribution in [2.45, 2.75) is 44.3 Å². The van der Waals surface area contributed by atoms with E-state index in [1.165, 1.54) is 0 Å². The predicted molar refractivity (Wildman–Crippen MR) is 115 cm³/mol. The van der Waals surface area contributed by atoms with E-state index in [2.05, 4.69) is 46.0 Å². The second-order valence-corrected chi connectivity index (χ2v) is 8.45. The summed E-state index contributed by atoms with van der Waals surface area (Å²) in [5.74, 6) is 1.02. The largest absolute Gasteiger partial charge is 0.461 e. The zero-order valence-electron chi connectivity index (χ0n) is 17.0. The first-order chi connectivity index (χ1) is 14.5. The minimum absolute atomic E-state index is 0.0103. The number of hydrazine groups is 2. The summed E-state index contributed by atoms with van der Waals surface area (Å²) >= 11 is 0. The second-order valence-electron chi connectivity index (χ2n) is 8.45. The molecule has 1 aromatic heterocycles. The van der Waals surface area contributed by atoms with E-state index in [9.17, 15) is 10.2 Å². The monoisotopic (exact) mass is 408 g/mol. The number of furan rings is 1. The molecule has 30 heavy (non-hydrogen) atoms. The maximum atomic E-state index is 10.7. The van der Waals surface area contributed by atoms with Gasteiger partial charge < -0.3 is 14.6 Å². The Labute approximate surface area is 175 Å². The number of rotatable bonds is 4. The average molecular weight is 409 g/mol. The van der Waals surface area contributed by atoms with Gasteiger partial charge in [0.05, 0.1) is 0 Å². The summed E-state index contributed by atoms with van der Waals surface area (Å²) in [6.07, 6.45) is -1.48. The van der Waals surface area contributed by atoms with Crippen molar-refractivity contribution in [1.82, 2.24) is 21.7 Å². The molecule has 6 unspecified atom stereocenters. The lowest BCUT2D eigenvalue weighted by Crippen LogP contribution is -2.41. The molecule has 158 valence electrons. The van der Waals surface area contributed by atoms with Gasteiger partial charge in [-0.2, -0.15) is 0 Å². The Balaban J connectivity index is 1.58. The fraction of sp³-hybridized carbons (Fsp3) is 0.391. The van der Waals surface area contributed by atoms with Crippen LogP contribution in [0.1, 0.15) is 25.5 Å². The van der Waals surface area contributed by atoms with Gasteiger partial charge in [-0.3, -0.25) is 10.9 Å². The smallest absolute Gasteiger partial charge is 0.134 e. The maximum Gasteiger partial charge on any atom is 0.134 e. The first-order valence-corrected chi connectivity index (χ1v) is 10.5. The van der Waals surface area contributed by atoms with Crippen LogP contribution in [0.3, 0.4) is 0 Å². The van der Waals surface area contributed by atoms with Gasteiger partial charge in [0.2, 0.25) is 0 Å². The number of benzene rings is 2. The molecule has 3 aromatic rings. The highest BCUT2D eigenvalue weighted by Gasteiger charge is 2.49. The molecular weight excluding hydrogens is 380 g/mol. The molecule has 0 aliphatic carbocycles. The molecule has 7 heteroatoms. The normalized spacial score (nSPS) is 32.7. The topological polar surface area (TPSA) is 102 Å². The Morgan fingerprint density at radius 3 is 2.03 bits per heavy atom. The van der Waals surface area contributed by atoms with E-state index in [4.69, 9.17) is 4.42 Å². The van der Waals surface area contributed by atoms with Crippen LogP contribution in [0.25, 0.3) is 22.1 Å². The summed E-state index contributed by atoms with van der Waals surface area (Å²) in [6.45, 7) is 4.06. The quantitative estimate of drug-likeness (QED) is 0.393. The van der Waals surface area contributed by atoms with Crippen LogP contribution in [0.4, 0.5) is 0 Å². The Morgan fingerprint density at radius 2 is 1.40 bits per heavy atom. The van der Waals surface area contributed by atoms with E-state index in [1.54, 1.807) is 0 Å². The molecule has 2 saturated heterocycles. The van der Waals surface area contributed by atoms with Crippen molar-refractivity contribution in [3.63, 3.8) is 0 Å². The zero-order valence-corrected chi connectivity index (χ0v) is 17.0. The van der Waals surface area contributed by atoms with Gasteiger partial charge in [0.1, 0.15) is 24.0 Å². The molecule has 2 aromatic carbocycles. The van der Waals surface area contributed by atoms with Gasteiger partial charge in [0, 0.05) is 35.4 Å². The molecule has 3 heterocycles. The molecule has 5 rings (SSSR count). The molecule has 0 spiro atoms. The molecule has 0 radical (unpaired) electrons. The number of aliphatic hydroxyl groups excluding tert-OH is 2. The van der Waals surface area contributed by atoms with Crippen LogP contribution >= 0.6 is 0 Å². The fourth-order valence-corrected chi connectivity index (χ4v) is 5.13. The summed E-state index contributed by atoms with van der Waals surface area (Å²) in [5.41, 5.74) is 13.1. The van der Waals surface area contributed by atoms with Crippen molar-refractivity contribution in [3.05, 3.63) is 60.4 Å². The third-order valence-corrected chi connectivity index (χ3v) is 6.64. The van der Waals surface area contributed by atoms with Crippen LogP contribution in [0.15, 0.2) is 59.0 Å². The molecule has 0 saturated carbocycles. The number of hydrogen-bond acceptors (Lipinski definition) is 7. The van der Waals surface area contributed by atoms with Crippen molar-refractivity contribution in [3.8, 4) is 11.3 Å². The summed E-state index contributed by atoms with van der Waals surface area (Å²) in [6, 6.07) is 18.4. The van der Waals surface area contributed by atoms with Crippen LogP contribution in [0.5, 0.6) is 0 Å². The van der Waals surface area contributed by atoms with Crippen LogP contribution in [0.2, 0.25) is 0 Å². The van der Waals surface area contributed by atoms with E-state index in [-0.39, 0.29) is 29.8 Å². The minimum Gasteiger partial charge on any atom is -0.461 e. The SMILES string of the molecule is CC1NNC(O)C1C(c1ccc(-c2cccc3ccccc23)o1)C1C(C)NNC1O. The molecule has 7 nitrogen and oxygen atoms in total. The number of nitrogens with one attached hydrogen (secondary N) is 4. The van der Waals surface area contributed by atoms with E-state index in [0.29, 0.717) is 0 Å². The van der Waals surface area contributed by atoms with Crippen molar-refractivity contribution in [1.29, 1.82) is 0 Å². The van der Waals surface area contributed by atoms with Crippen LogP contribution in [-0.2, 0) is 0 Å². The molecule has 2 aliphatic rings. The highest BCUT2D eigenvalue weighted by atomic mass is 16.3. The van der Waals surface area contributed by atoms with Crippen molar-refractivity contribution in [2.75, 3.05) is 0 Å². The first kappa shape index (κ1) is 19.7. The summed E-state index contributed by atoms with van der Waals surface area (Å²) in [4.78, 5) is 0. The highest BCUT2D eigenvalue weighted by molar-refractivity contribution is 5.95. The van der Waals surface area contributed by atoms with Gasteiger partial charge in [0.25, 0.3) is 0 Å². The first-order valence-electron chi connectivity index (χ1n) is 10.5. The summed E-state index contributed by atoms with van der Waals surface area (Å²) in [7, 11) is 0. The fourth-order valence-electron chi connectivity index (χ4n) is 5.13. The van der Waals surface area contributed by atoms with Crippen molar-refractivity contribution >= 4 is 10.8 Å². The number of hydrogen-bond donors (Lipinski definition) is 6. The van der Waals surface area contributed by atoms with Crippen LogP contribution in [0, 0.1) is 11.8 Å². The van der Waals surface area contributed by atoms with Crippen LogP contribution in [-0.4, -0.2) is 34.8 Å². The van der Waals surface area contributed by atoms with Gasteiger partial charge in [-0.15, -0.1) is 0 Å². The van der Waals surface area contributed by atoms with Crippen molar-refractivity contribution < 1.29 is 14.6 Å². The third kappa shape index (κ3) is 3.24. The lowest BCUT2D eigenvalue weighted by molar-refractivity contribution is 0.0335. The molecular formula is C23H28N4O3. The Morgan fingerprint density at radius 1 is 0.767 bits per heavy atom. The molecule has 6 atom stereocenters. The van der Waals surface area contributed by atoms with Crippen LogP contribution < -0.4 is 21.7 Å². The lowest BCUT2D eigenvalue weighted by Gasteiger charge is -2.33. The zero-order chi connectivity index (χ0) is 20.8. The molecule has 0 bridgehead atoms. The van der Waals surface area contributed by atoms with Gasteiger partial charge in [-0.05, 0) is 36.8 Å². The standard InChI is InChI=1S/C23H28N4O3/c1-12-19(22(28)26-24-12)21(20-13(2)25-27-23(20)29)18-11-10-17(30-18)16-9-5-7-14-6-3-4-8-15(14)16/h3-13,19-29H,1-2H3. The van der Waals surface area contributed by atoms with E-state index < -0.39 is 12.5 Å². The Hall–Kier alpha value is -2.26. The van der Waals surface area contributed by atoms with Crippen molar-refractivity contribution in [2.24, 2.45) is 11.8 Å². The van der Waals surface area contributed by atoms with E-state index in [0.717, 1.165) is 27.9 Å². The van der Waals surface area contributed by atoms with Gasteiger partial charge >= 0.3 is 0 Å². The Bertz CT molecular complexity index is 989. The second kappa shape index (κ2) is 7.77. The average Bonchev–Trinajstić information content (AvgIpc) is 3.45. The molecule has 0 amide bonds. The Kier molecular flexibility index (Phi) is 5.10. The lowest BCUT2D eigenvalue weighted by atomic mass is 9.73. The van der Waals surface area contributed by atoms with E-state index >= 15 is 0 Å². The predicted octanol–water partition coefficient (Wildman–Crippen LogP) is 2.05. The highest BCUT2D eigenvalue weighted by Crippen LogP contribution is 2.43. The minimum atomic E-state index is -0.740. The number of fused-ring (bicyclic) bond motifs is 1. The molecule has 2 fully saturated rings.